The van der Waals surface area contributed by atoms with Gasteiger partial charge in [0.15, 0.2) is 5.82 Å². The summed E-state index contributed by atoms with van der Waals surface area (Å²) in [4.78, 5) is 8.72. The van der Waals surface area contributed by atoms with Gasteiger partial charge in [0.1, 0.15) is 18.2 Å². The third kappa shape index (κ3) is 4.54. The van der Waals surface area contributed by atoms with Crippen LogP contribution >= 0.6 is 0 Å². The van der Waals surface area contributed by atoms with Gasteiger partial charge in [0, 0.05) is 26.8 Å². The highest BCUT2D eigenvalue weighted by Gasteiger charge is 2.31. The molecule has 1 aromatic heterocycles. The Hall–Kier alpha value is -1.40. The van der Waals surface area contributed by atoms with E-state index in [1.54, 1.807) is 7.11 Å². The topological polar surface area (TPSA) is 79.3 Å². The van der Waals surface area contributed by atoms with Crippen molar-refractivity contribution in [3.63, 3.8) is 0 Å². The average Bonchev–Trinajstić information content (AvgIpc) is 2.49. The highest BCUT2D eigenvalue weighted by Crippen LogP contribution is 2.31. The third-order valence-corrected chi connectivity index (χ3v) is 4.11. The van der Waals surface area contributed by atoms with Gasteiger partial charge in [0.05, 0.1) is 5.60 Å². The van der Waals surface area contributed by atoms with E-state index in [0.717, 1.165) is 31.5 Å². The van der Waals surface area contributed by atoms with Gasteiger partial charge >= 0.3 is 0 Å². The van der Waals surface area contributed by atoms with Gasteiger partial charge < -0.3 is 20.5 Å². The fraction of sp³-hybridized carbons (Fsp3) is 0.733. The summed E-state index contributed by atoms with van der Waals surface area (Å²) < 4.78 is 5.08. The predicted molar refractivity (Wildman–Crippen MR) is 83.4 cm³/mol. The number of methoxy groups -OCH3 is 1. The van der Waals surface area contributed by atoms with E-state index in [1.807, 2.05) is 13.1 Å². The van der Waals surface area contributed by atoms with E-state index in [-0.39, 0.29) is 0 Å². The molecule has 2 rings (SSSR count). The van der Waals surface area contributed by atoms with E-state index in [9.17, 15) is 5.11 Å². The van der Waals surface area contributed by atoms with Gasteiger partial charge in [-0.05, 0) is 31.6 Å². The number of nitrogens with one attached hydrogen (secondary N) is 2. The molecule has 0 atom stereocenters. The second-order valence-corrected chi connectivity index (χ2v) is 6.00. The van der Waals surface area contributed by atoms with Gasteiger partial charge in [0.2, 0.25) is 0 Å². The molecular weight excluding hydrogens is 268 g/mol. The zero-order valence-electron chi connectivity index (χ0n) is 13.1. The van der Waals surface area contributed by atoms with Crippen molar-refractivity contribution in [2.45, 2.75) is 44.8 Å². The Balaban J connectivity index is 2.00. The molecule has 21 heavy (non-hydrogen) atoms. The molecule has 0 saturated heterocycles. The summed E-state index contributed by atoms with van der Waals surface area (Å²) in [5, 5.41) is 16.9. The summed E-state index contributed by atoms with van der Waals surface area (Å²) in [7, 11) is 3.44. The highest BCUT2D eigenvalue weighted by atomic mass is 16.5. The second-order valence-electron chi connectivity index (χ2n) is 6.00. The first-order valence-electron chi connectivity index (χ1n) is 7.55. The number of aliphatic hydroxyl groups is 1. The lowest BCUT2D eigenvalue weighted by Crippen LogP contribution is -2.40. The number of hydrogen-bond donors (Lipinski definition) is 3. The molecule has 1 heterocycles. The standard InChI is InChI=1S/C15H26N4O2/c1-11-4-6-15(20,7-5-11)10-17-13-8-12(16-2)18-14(19-13)9-21-3/h8,11,20H,4-7,9-10H2,1-3H3,(H2,16,17,18,19). The molecule has 6 heteroatoms. The zero-order chi connectivity index (χ0) is 15.3. The minimum absolute atomic E-state index is 0.367. The monoisotopic (exact) mass is 294 g/mol. The Morgan fingerprint density at radius 1 is 1.33 bits per heavy atom. The van der Waals surface area contributed by atoms with Crippen molar-refractivity contribution < 1.29 is 9.84 Å². The minimum Gasteiger partial charge on any atom is -0.388 e. The summed E-state index contributed by atoms with van der Waals surface area (Å²) in [5.74, 6) is 2.79. The molecule has 1 saturated carbocycles. The van der Waals surface area contributed by atoms with E-state index in [0.29, 0.717) is 30.7 Å². The maximum Gasteiger partial charge on any atom is 0.158 e. The summed E-state index contributed by atoms with van der Waals surface area (Å²) in [5.41, 5.74) is -0.626. The van der Waals surface area contributed by atoms with Crippen LogP contribution in [0.25, 0.3) is 0 Å². The average molecular weight is 294 g/mol. The quantitative estimate of drug-likeness (QED) is 0.745. The molecule has 118 valence electrons. The first kappa shape index (κ1) is 16.0. The molecule has 0 aromatic carbocycles. The van der Waals surface area contributed by atoms with Gasteiger partial charge in [-0.25, -0.2) is 9.97 Å². The van der Waals surface area contributed by atoms with Crippen molar-refractivity contribution >= 4 is 11.6 Å². The number of anilines is 2. The van der Waals surface area contributed by atoms with Crippen molar-refractivity contribution in [1.82, 2.24) is 9.97 Å². The molecule has 0 spiro atoms. The van der Waals surface area contributed by atoms with Crippen LogP contribution in [0.5, 0.6) is 0 Å². The maximum absolute atomic E-state index is 10.6. The Morgan fingerprint density at radius 3 is 2.62 bits per heavy atom. The number of nitrogens with zero attached hydrogens (tertiary/aromatic N) is 2. The molecule has 6 nitrogen and oxygen atoms in total. The van der Waals surface area contributed by atoms with Crippen molar-refractivity contribution in [3.8, 4) is 0 Å². The predicted octanol–water partition coefficient (Wildman–Crippen LogP) is 2.02. The van der Waals surface area contributed by atoms with Crippen LogP contribution in [0.1, 0.15) is 38.4 Å². The zero-order valence-corrected chi connectivity index (χ0v) is 13.1. The fourth-order valence-corrected chi connectivity index (χ4v) is 2.64. The van der Waals surface area contributed by atoms with Crippen LogP contribution < -0.4 is 10.6 Å². The minimum atomic E-state index is -0.626. The normalized spacial score (nSPS) is 25.6. The van der Waals surface area contributed by atoms with Gasteiger partial charge in [-0.3, -0.25) is 0 Å². The first-order chi connectivity index (χ1) is 10.0. The molecule has 0 bridgehead atoms. The van der Waals surface area contributed by atoms with Gasteiger partial charge in [-0.1, -0.05) is 6.92 Å². The molecular formula is C15H26N4O2. The van der Waals surface area contributed by atoms with Crippen molar-refractivity contribution in [2.75, 3.05) is 31.3 Å². The van der Waals surface area contributed by atoms with Crippen molar-refractivity contribution in [2.24, 2.45) is 5.92 Å². The van der Waals surface area contributed by atoms with Crippen LogP contribution in [0.3, 0.4) is 0 Å². The lowest BCUT2D eigenvalue weighted by molar-refractivity contribution is 0.00494. The molecule has 1 aliphatic carbocycles. The Labute approximate surface area is 126 Å². The molecule has 0 unspecified atom stereocenters. The van der Waals surface area contributed by atoms with Crippen LogP contribution in [0.15, 0.2) is 6.07 Å². The number of hydrogen-bond acceptors (Lipinski definition) is 6. The number of aromatic nitrogens is 2. The Bertz CT molecular complexity index is 459. The number of rotatable bonds is 6. The Kier molecular flexibility index (Phi) is 5.36. The van der Waals surface area contributed by atoms with Gasteiger partial charge in [-0.15, -0.1) is 0 Å². The molecule has 0 aliphatic heterocycles. The Morgan fingerprint density at radius 2 is 2.00 bits per heavy atom. The van der Waals surface area contributed by atoms with Gasteiger partial charge in [0.25, 0.3) is 0 Å². The molecule has 1 fully saturated rings. The SMILES string of the molecule is CNc1cc(NCC2(O)CCC(C)CC2)nc(COC)n1. The van der Waals surface area contributed by atoms with E-state index in [1.165, 1.54) is 0 Å². The maximum atomic E-state index is 10.6. The fourth-order valence-electron chi connectivity index (χ4n) is 2.64. The molecule has 1 aromatic rings. The van der Waals surface area contributed by atoms with E-state index >= 15 is 0 Å². The third-order valence-electron chi connectivity index (χ3n) is 4.11. The summed E-state index contributed by atoms with van der Waals surface area (Å²) in [6, 6.07) is 1.84. The molecule has 0 amide bonds. The van der Waals surface area contributed by atoms with Crippen LogP contribution in [0, 0.1) is 5.92 Å². The second kappa shape index (κ2) is 7.04. The van der Waals surface area contributed by atoms with Crippen LogP contribution in [0.2, 0.25) is 0 Å². The van der Waals surface area contributed by atoms with Gasteiger partial charge in [-0.2, -0.15) is 0 Å². The highest BCUT2D eigenvalue weighted by molar-refractivity contribution is 5.47. The van der Waals surface area contributed by atoms with Crippen LogP contribution in [0.4, 0.5) is 11.6 Å². The molecule has 3 N–H and O–H groups in total. The summed E-state index contributed by atoms with van der Waals surface area (Å²) >= 11 is 0. The first-order valence-corrected chi connectivity index (χ1v) is 7.55. The van der Waals surface area contributed by atoms with E-state index in [4.69, 9.17) is 4.74 Å². The lowest BCUT2D eigenvalue weighted by Gasteiger charge is -2.35. The largest absolute Gasteiger partial charge is 0.388 e. The van der Waals surface area contributed by atoms with Crippen LogP contribution in [-0.4, -0.2) is 41.4 Å². The van der Waals surface area contributed by atoms with Crippen LogP contribution in [-0.2, 0) is 11.3 Å². The van der Waals surface area contributed by atoms with E-state index < -0.39 is 5.60 Å². The van der Waals surface area contributed by atoms with Crippen molar-refractivity contribution in [3.05, 3.63) is 11.9 Å². The smallest absolute Gasteiger partial charge is 0.158 e. The van der Waals surface area contributed by atoms with E-state index in [2.05, 4.69) is 27.5 Å². The summed E-state index contributed by atoms with van der Waals surface area (Å²) in [6.45, 7) is 3.13. The molecule has 1 aliphatic rings. The lowest BCUT2D eigenvalue weighted by atomic mass is 9.79. The number of ether oxygens (including phenoxy) is 1. The summed E-state index contributed by atoms with van der Waals surface area (Å²) in [6.07, 6.45) is 3.85. The molecule has 0 radical (unpaired) electrons. The van der Waals surface area contributed by atoms with Crippen molar-refractivity contribution in [1.29, 1.82) is 0 Å².